The lowest BCUT2D eigenvalue weighted by Gasteiger charge is -2.19. The minimum absolute atomic E-state index is 0.105. The first kappa shape index (κ1) is 22.8. The second-order valence-corrected chi connectivity index (χ2v) is 11.8. The molecule has 1 aliphatic rings. The van der Waals surface area contributed by atoms with Gasteiger partial charge in [0.05, 0.1) is 17.5 Å². The van der Waals surface area contributed by atoms with Gasteiger partial charge in [0, 0.05) is 25.0 Å². The Morgan fingerprint density at radius 2 is 1.74 bits per heavy atom. The van der Waals surface area contributed by atoms with Gasteiger partial charge in [-0.05, 0) is 42.7 Å². The van der Waals surface area contributed by atoms with Gasteiger partial charge in [0.25, 0.3) is 10.0 Å². The van der Waals surface area contributed by atoms with Crippen molar-refractivity contribution < 1.29 is 13.2 Å². The zero-order valence-corrected chi connectivity index (χ0v) is 20.5. The van der Waals surface area contributed by atoms with E-state index in [2.05, 4.69) is 5.32 Å². The zero-order valence-electron chi connectivity index (χ0n) is 18.8. The molecular formula is C25H26N4O3S2. The number of aromatic nitrogens is 2. The van der Waals surface area contributed by atoms with Gasteiger partial charge in [-0.25, -0.2) is 13.4 Å². The zero-order chi connectivity index (χ0) is 23.7. The molecule has 9 heteroatoms. The average Bonchev–Trinajstić information content (AvgIpc) is 3.60. The van der Waals surface area contributed by atoms with Gasteiger partial charge in [-0.1, -0.05) is 42.5 Å². The third-order valence-electron chi connectivity index (χ3n) is 6.15. The number of aryl methyl sites for hydroxylation is 1. The average molecular weight is 495 g/mol. The van der Waals surface area contributed by atoms with Crippen LogP contribution in [0.1, 0.15) is 35.1 Å². The van der Waals surface area contributed by atoms with Gasteiger partial charge in [0.1, 0.15) is 16.1 Å². The Hall–Kier alpha value is -3.01. The number of imidazole rings is 1. The van der Waals surface area contributed by atoms with E-state index in [9.17, 15) is 13.2 Å². The molecule has 0 saturated carbocycles. The first-order valence-electron chi connectivity index (χ1n) is 11.3. The Labute approximate surface area is 203 Å². The molecule has 2 aromatic heterocycles. The maximum absolute atomic E-state index is 13.1. The summed E-state index contributed by atoms with van der Waals surface area (Å²) in [6.45, 7) is 1.12. The maximum atomic E-state index is 13.1. The number of amides is 1. The number of hydrogen-bond donors (Lipinski definition) is 1. The summed E-state index contributed by atoms with van der Waals surface area (Å²) in [4.78, 5) is 18.6. The van der Waals surface area contributed by atoms with E-state index in [4.69, 9.17) is 4.98 Å². The van der Waals surface area contributed by atoms with Crippen LogP contribution >= 0.6 is 11.3 Å². The predicted octanol–water partition coefficient (Wildman–Crippen LogP) is 3.87. The van der Waals surface area contributed by atoms with Crippen molar-refractivity contribution in [3.63, 3.8) is 0 Å². The SMILES string of the molecule is Cn1c(C(NC(=O)Cc2ccc(S(=O)(=O)N3CCCC3)s2)c2ccccc2)nc2ccccc21. The molecule has 0 aliphatic carbocycles. The van der Waals surface area contributed by atoms with E-state index in [-0.39, 0.29) is 12.3 Å². The summed E-state index contributed by atoms with van der Waals surface area (Å²) < 4.78 is 29.5. The molecule has 1 fully saturated rings. The van der Waals surface area contributed by atoms with E-state index < -0.39 is 16.1 Å². The summed E-state index contributed by atoms with van der Waals surface area (Å²) in [6.07, 6.45) is 1.89. The second-order valence-electron chi connectivity index (χ2n) is 8.44. The smallest absolute Gasteiger partial charge is 0.252 e. The van der Waals surface area contributed by atoms with Gasteiger partial charge < -0.3 is 9.88 Å². The molecule has 4 aromatic rings. The van der Waals surface area contributed by atoms with E-state index in [1.807, 2.05) is 66.2 Å². The molecule has 3 heterocycles. The van der Waals surface area contributed by atoms with Crippen LogP contribution in [0.4, 0.5) is 0 Å². The molecule has 1 saturated heterocycles. The number of sulfonamides is 1. The third-order valence-corrected chi connectivity index (χ3v) is 9.60. The van der Waals surface area contributed by atoms with Gasteiger partial charge in [-0.15, -0.1) is 11.3 Å². The monoisotopic (exact) mass is 494 g/mol. The summed E-state index contributed by atoms with van der Waals surface area (Å²) in [7, 11) is -1.53. The molecule has 5 rings (SSSR count). The minimum atomic E-state index is -3.48. The third kappa shape index (κ3) is 4.38. The number of thiophene rings is 1. The van der Waals surface area contributed by atoms with Gasteiger partial charge >= 0.3 is 0 Å². The minimum Gasteiger partial charge on any atom is -0.342 e. The molecule has 1 amide bonds. The summed E-state index contributed by atoms with van der Waals surface area (Å²) in [6, 6.07) is 20.5. The fraction of sp³-hybridized carbons (Fsp3) is 0.280. The van der Waals surface area contributed by atoms with Crippen LogP contribution in [0.3, 0.4) is 0 Å². The molecule has 176 valence electrons. The maximum Gasteiger partial charge on any atom is 0.252 e. The number of benzene rings is 2. The lowest BCUT2D eigenvalue weighted by Crippen LogP contribution is -2.32. The summed E-state index contributed by atoms with van der Waals surface area (Å²) in [5.41, 5.74) is 2.78. The highest BCUT2D eigenvalue weighted by atomic mass is 32.2. The van der Waals surface area contributed by atoms with Crippen LogP contribution in [0.15, 0.2) is 70.9 Å². The van der Waals surface area contributed by atoms with E-state index in [0.29, 0.717) is 22.2 Å². The van der Waals surface area contributed by atoms with Gasteiger partial charge in [-0.2, -0.15) is 4.31 Å². The molecule has 0 bridgehead atoms. The summed E-state index contributed by atoms with van der Waals surface area (Å²) >= 11 is 1.17. The molecule has 1 aliphatic heterocycles. The lowest BCUT2D eigenvalue weighted by molar-refractivity contribution is -0.120. The van der Waals surface area contributed by atoms with Crippen LogP contribution < -0.4 is 5.32 Å². The van der Waals surface area contributed by atoms with Gasteiger partial charge in [0.15, 0.2) is 0 Å². The van der Waals surface area contributed by atoms with Crippen molar-refractivity contribution in [1.82, 2.24) is 19.2 Å². The molecule has 1 N–H and O–H groups in total. The number of nitrogens with one attached hydrogen (secondary N) is 1. The van der Waals surface area contributed by atoms with E-state index in [1.54, 1.807) is 12.1 Å². The molecule has 1 unspecified atom stereocenters. The highest BCUT2D eigenvalue weighted by Crippen LogP contribution is 2.29. The first-order chi connectivity index (χ1) is 16.4. The number of hydrogen-bond acceptors (Lipinski definition) is 5. The van der Waals surface area contributed by atoms with Gasteiger partial charge in [-0.3, -0.25) is 4.79 Å². The van der Waals surface area contributed by atoms with Crippen molar-refractivity contribution in [2.24, 2.45) is 7.05 Å². The van der Waals surface area contributed by atoms with Crippen molar-refractivity contribution in [3.8, 4) is 0 Å². The molecule has 34 heavy (non-hydrogen) atoms. The van der Waals surface area contributed by atoms with Gasteiger partial charge in [0.2, 0.25) is 5.91 Å². The number of carbonyl (C=O) groups excluding carboxylic acids is 1. The van der Waals surface area contributed by atoms with Crippen LogP contribution in [0.5, 0.6) is 0 Å². The molecular weight excluding hydrogens is 468 g/mol. The van der Waals surface area contributed by atoms with Crippen molar-refractivity contribution in [2.75, 3.05) is 13.1 Å². The summed E-state index contributed by atoms with van der Waals surface area (Å²) in [5.74, 6) is 0.553. The van der Waals surface area contributed by atoms with Crippen LogP contribution in [0, 0.1) is 0 Å². The standard InChI is InChI=1S/C25H26N4O3S2/c1-28-21-12-6-5-11-20(21)26-25(28)24(18-9-3-2-4-10-18)27-22(30)17-19-13-14-23(33-19)34(31,32)29-15-7-8-16-29/h2-6,9-14,24H,7-8,15-17H2,1H3,(H,27,30). The van der Waals surface area contributed by atoms with Crippen molar-refractivity contribution in [3.05, 3.63) is 83.0 Å². The van der Waals surface area contributed by atoms with Crippen LogP contribution in [-0.2, 0) is 28.3 Å². The summed E-state index contributed by atoms with van der Waals surface area (Å²) in [5, 5.41) is 3.13. The first-order valence-corrected chi connectivity index (χ1v) is 13.5. The number of carbonyl (C=O) groups is 1. The Kier molecular flexibility index (Phi) is 6.24. The van der Waals surface area contributed by atoms with Crippen molar-refractivity contribution in [2.45, 2.75) is 29.5 Å². The topological polar surface area (TPSA) is 84.3 Å². The predicted molar refractivity (Wildman–Crippen MR) is 133 cm³/mol. The Bertz CT molecular complexity index is 1420. The Balaban J connectivity index is 1.39. The number of rotatable bonds is 7. The van der Waals surface area contributed by atoms with E-state index in [0.717, 1.165) is 35.3 Å². The molecule has 0 radical (unpaired) electrons. The number of nitrogens with zero attached hydrogens (tertiary/aromatic N) is 3. The van der Waals surface area contributed by atoms with E-state index in [1.165, 1.54) is 15.6 Å². The van der Waals surface area contributed by atoms with Crippen molar-refractivity contribution >= 4 is 38.3 Å². The number of para-hydroxylation sites is 2. The van der Waals surface area contributed by atoms with Crippen LogP contribution in [0.25, 0.3) is 11.0 Å². The molecule has 0 spiro atoms. The molecule has 2 aromatic carbocycles. The lowest BCUT2D eigenvalue weighted by atomic mass is 10.1. The highest BCUT2D eigenvalue weighted by molar-refractivity contribution is 7.91. The van der Waals surface area contributed by atoms with E-state index >= 15 is 0 Å². The van der Waals surface area contributed by atoms with Crippen molar-refractivity contribution in [1.29, 1.82) is 0 Å². The molecule has 7 nitrogen and oxygen atoms in total. The van der Waals surface area contributed by atoms with Crippen LogP contribution in [0.2, 0.25) is 0 Å². The number of fused-ring (bicyclic) bond motifs is 1. The fourth-order valence-electron chi connectivity index (χ4n) is 4.38. The normalized spacial score (nSPS) is 15.6. The largest absolute Gasteiger partial charge is 0.342 e. The fourth-order valence-corrected chi connectivity index (χ4v) is 7.41. The quantitative estimate of drug-likeness (QED) is 0.423. The second kappa shape index (κ2) is 9.32. The molecule has 1 atom stereocenters. The highest BCUT2D eigenvalue weighted by Gasteiger charge is 2.29. The Morgan fingerprint density at radius 1 is 1.03 bits per heavy atom. The Morgan fingerprint density at radius 3 is 2.47 bits per heavy atom. The van der Waals surface area contributed by atoms with Crippen LogP contribution in [-0.4, -0.2) is 41.3 Å².